The molecule has 2 unspecified atom stereocenters. The Morgan fingerprint density at radius 2 is 1.75 bits per heavy atom. The van der Waals surface area contributed by atoms with Gasteiger partial charge in [-0.25, -0.2) is 4.39 Å². The van der Waals surface area contributed by atoms with Crippen LogP contribution >= 0.6 is 0 Å². The van der Waals surface area contributed by atoms with Crippen LogP contribution in [0.3, 0.4) is 0 Å². The van der Waals surface area contributed by atoms with E-state index in [4.69, 9.17) is 5.73 Å². The fourth-order valence-corrected chi connectivity index (χ4v) is 1.43. The number of hydrogen-bond acceptors (Lipinski definition) is 2. The Hall–Kier alpha value is -1.14. The molecule has 2 atom stereocenters. The van der Waals surface area contributed by atoms with Gasteiger partial charge in [0.1, 0.15) is 5.82 Å². The van der Waals surface area contributed by atoms with Crippen molar-refractivity contribution in [3.63, 3.8) is 0 Å². The minimum absolute atomic E-state index is 0.842. The van der Waals surface area contributed by atoms with E-state index in [9.17, 15) is 22.7 Å². The molecule has 0 spiro atoms. The molecule has 0 bridgehead atoms. The van der Waals surface area contributed by atoms with Gasteiger partial charge in [-0.3, -0.25) is 0 Å². The third-order valence-electron chi connectivity index (χ3n) is 2.38. The van der Waals surface area contributed by atoms with Crippen LogP contribution in [0, 0.1) is 5.82 Å². The number of halogens is 4. The molecule has 0 amide bonds. The van der Waals surface area contributed by atoms with Crippen molar-refractivity contribution >= 4 is 0 Å². The number of nitrogens with two attached hydrogens (primary N) is 1. The quantitative estimate of drug-likeness (QED) is 0.772. The topological polar surface area (TPSA) is 46.2 Å². The second-order valence-corrected chi connectivity index (χ2v) is 3.53. The first-order chi connectivity index (χ1) is 7.21. The molecule has 0 aromatic heterocycles. The summed E-state index contributed by atoms with van der Waals surface area (Å²) in [5, 5.41) is 9.59. The van der Waals surface area contributed by atoms with Crippen molar-refractivity contribution in [2.45, 2.75) is 24.7 Å². The first-order valence-corrected chi connectivity index (χ1v) is 4.51. The molecule has 0 aliphatic rings. The van der Waals surface area contributed by atoms with Crippen molar-refractivity contribution < 1.29 is 22.7 Å². The van der Waals surface area contributed by atoms with Crippen molar-refractivity contribution in [1.82, 2.24) is 0 Å². The monoisotopic (exact) mass is 237 g/mol. The van der Waals surface area contributed by atoms with Gasteiger partial charge in [0.25, 0.3) is 0 Å². The average Bonchev–Trinajstić information content (AvgIpc) is 2.15. The average molecular weight is 237 g/mol. The smallest absolute Gasteiger partial charge is 0.375 e. The summed E-state index contributed by atoms with van der Waals surface area (Å²) < 4.78 is 51.4. The number of benzene rings is 1. The van der Waals surface area contributed by atoms with Gasteiger partial charge in [-0.1, -0.05) is 18.2 Å². The van der Waals surface area contributed by atoms with Gasteiger partial charge >= 0.3 is 6.18 Å². The Balaban J connectivity index is 3.40. The van der Waals surface area contributed by atoms with E-state index in [1.165, 1.54) is 12.1 Å². The van der Waals surface area contributed by atoms with Crippen LogP contribution in [0.2, 0.25) is 0 Å². The zero-order valence-corrected chi connectivity index (χ0v) is 8.42. The maximum absolute atomic E-state index is 13.3. The number of alkyl halides is 3. The number of hydrogen-bond donors (Lipinski definition) is 2. The molecular formula is C10H11F4NO. The molecule has 3 N–H and O–H groups in total. The predicted molar refractivity (Wildman–Crippen MR) is 50.0 cm³/mol. The molecule has 1 aromatic carbocycles. The van der Waals surface area contributed by atoms with E-state index in [1.54, 1.807) is 0 Å². The van der Waals surface area contributed by atoms with Gasteiger partial charge in [0.05, 0.1) is 0 Å². The highest BCUT2D eigenvalue weighted by Crippen LogP contribution is 2.41. The maximum atomic E-state index is 13.3. The molecule has 0 aliphatic carbocycles. The maximum Gasteiger partial charge on any atom is 0.423 e. The highest BCUT2D eigenvalue weighted by Gasteiger charge is 2.58. The molecule has 6 heteroatoms. The van der Waals surface area contributed by atoms with Gasteiger partial charge in [-0.15, -0.1) is 0 Å². The molecule has 0 aliphatic heterocycles. The number of aliphatic hydroxyl groups is 1. The first kappa shape index (κ1) is 12.9. The summed E-state index contributed by atoms with van der Waals surface area (Å²) in [6, 6.07) is 2.47. The van der Waals surface area contributed by atoms with Crippen LogP contribution in [0.15, 0.2) is 24.3 Å². The van der Waals surface area contributed by atoms with Gasteiger partial charge in [-0.05, 0) is 13.0 Å². The third-order valence-corrected chi connectivity index (χ3v) is 2.38. The highest BCUT2D eigenvalue weighted by atomic mass is 19.4. The van der Waals surface area contributed by atoms with E-state index in [-0.39, 0.29) is 0 Å². The fraction of sp³-hybridized carbons (Fsp3) is 0.400. The lowest BCUT2D eigenvalue weighted by atomic mass is 9.86. The molecule has 1 aromatic rings. The molecule has 2 nitrogen and oxygen atoms in total. The van der Waals surface area contributed by atoms with Gasteiger partial charge < -0.3 is 10.8 Å². The summed E-state index contributed by atoms with van der Waals surface area (Å²) in [5.74, 6) is -1.14. The zero-order valence-electron chi connectivity index (χ0n) is 8.42. The van der Waals surface area contributed by atoms with Crippen molar-refractivity contribution in [1.29, 1.82) is 0 Å². The van der Waals surface area contributed by atoms with E-state index in [1.807, 2.05) is 0 Å². The zero-order chi connectivity index (χ0) is 12.6. The molecule has 1 rings (SSSR count). The molecule has 0 heterocycles. The van der Waals surface area contributed by atoms with E-state index >= 15 is 0 Å². The van der Waals surface area contributed by atoms with Crippen LogP contribution in [0.4, 0.5) is 17.6 Å². The van der Waals surface area contributed by atoms with Gasteiger partial charge in [0.15, 0.2) is 0 Å². The Morgan fingerprint density at radius 3 is 2.12 bits per heavy atom. The normalized spacial score (nSPS) is 17.9. The van der Waals surface area contributed by atoms with Crippen LogP contribution < -0.4 is 5.73 Å². The summed E-state index contributed by atoms with van der Waals surface area (Å²) in [6.45, 7) is 0.972. The van der Waals surface area contributed by atoms with Crippen LogP contribution in [0.25, 0.3) is 0 Å². The van der Waals surface area contributed by atoms with Crippen molar-refractivity contribution in [3.05, 3.63) is 35.6 Å². The molecule has 0 radical (unpaired) electrons. The van der Waals surface area contributed by atoms with Crippen molar-refractivity contribution in [3.8, 4) is 0 Å². The fourth-order valence-electron chi connectivity index (χ4n) is 1.43. The lowest BCUT2D eigenvalue weighted by Gasteiger charge is -2.34. The second-order valence-electron chi connectivity index (χ2n) is 3.53. The van der Waals surface area contributed by atoms with Crippen LogP contribution in [-0.4, -0.2) is 17.3 Å². The summed E-state index contributed by atoms with van der Waals surface area (Å²) >= 11 is 0. The molecule has 0 saturated heterocycles. The van der Waals surface area contributed by atoms with E-state index in [0.717, 1.165) is 19.1 Å². The van der Waals surface area contributed by atoms with Crippen LogP contribution in [0.1, 0.15) is 12.5 Å². The van der Waals surface area contributed by atoms with E-state index in [0.29, 0.717) is 0 Å². The standard InChI is InChI=1S/C10H11F4NO/c1-6(15)9(16,10(12,13)14)7-4-2-3-5-8(7)11/h2-6,16H,15H2,1H3. The van der Waals surface area contributed by atoms with Gasteiger partial charge in [0, 0.05) is 11.6 Å². The lowest BCUT2D eigenvalue weighted by molar-refractivity contribution is -0.273. The van der Waals surface area contributed by atoms with E-state index < -0.39 is 29.2 Å². The predicted octanol–water partition coefficient (Wildman–Crippen LogP) is 1.92. The largest absolute Gasteiger partial charge is 0.423 e. The second kappa shape index (κ2) is 4.03. The Labute approximate surface area is 89.7 Å². The SMILES string of the molecule is CC(N)C(O)(c1ccccc1F)C(F)(F)F. The molecule has 90 valence electrons. The van der Waals surface area contributed by atoms with Gasteiger partial charge in [-0.2, -0.15) is 13.2 Å². The van der Waals surface area contributed by atoms with E-state index in [2.05, 4.69) is 0 Å². The number of rotatable bonds is 2. The summed E-state index contributed by atoms with van der Waals surface area (Å²) in [7, 11) is 0. The Kier molecular flexibility index (Phi) is 3.25. The lowest BCUT2D eigenvalue weighted by Crippen LogP contribution is -2.54. The third kappa shape index (κ3) is 1.90. The summed E-state index contributed by atoms with van der Waals surface area (Å²) in [5.41, 5.74) is 0.881. The van der Waals surface area contributed by atoms with Crippen molar-refractivity contribution in [2.24, 2.45) is 5.73 Å². The molecular weight excluding hydrogens is 226 g/mol. The van der Waals surface area contributed by atoms with Crippen LogP contribution in [-0.2, 0) is 5.60 Å². The minimum atomic E-state index is -5.04. The molecule has 16 heavy (non-hydrogen) atoms. The Morgan fingerprint density at radius 1 is 1.25 bits per heavy atom. The van der Waals surface area contributed by atoms with Crippen LogP contribution in [0.5, 0.6) is 0 Å². The Bertz CT molecular complexity index is 377. The molecule has 0 fully saturated rings. The van der Waals surface area contributed by atoms with Gasteiger partial charge in [0.2, 0.25) is 5.60 Å². The minimum Gasteiger partial charge on any atom is -0.375 e. The summed E-state index contributed by atoms with van der Waals surface area (Å²) in [6.07, 6.45) is -5.04. The summed E-state index contributed by atoms with van der Waals surface area (Å²) in [4.78, 5) is 0. The first-order valence-electron chi connectivity index (χ1n) is 4.51. The molecule has 0 saturated carbocycles. The van der Waals surface area contributed by atoms with Crippen molar-refractivity contribution in [2.75, 3.05) is 0 Å². The highest BCUT2D eigenvalue weighted by molar-refractivity contribution is 5.27.